The van der Waals surface area contributed by atoms with Crippen LogP contribution in [-0.4, -0.2) is 23.7 Å². The molecule has 0 spiro atoms. The first-order valence-corrected chi connectivity index (χ1v) is 5.88. The molecular weight excluding hydrogens is 200 g/mol. The van der Waals surface area contributed by atoms with Gasteiger partial charge in [-0.05, 0) is 30.5 Å². The number of nitrogens with zero attached hydrogens (tertiary/aromatic N) is 1. The topological polar surface area (TPSA) is 38.5 Å². The molecular formula is C13H18N2O. The Morgan fingerprint density at radius 3 is 2.94 bits per heavy atom. The van der Waals surface area contributed by atoms with Crippen LogP contribution in [0.4, 0.5) is 5.69 Å². The van der Waals surface area contributed by atoms with Crippen molar-refractivity contribution in [3.63, 3.8) is 0 Å². The first-order valence-electron chi connectivity index (χ1n) is 5.88. The standard InChI is InChI=1S/C13H18N2O/c1-13(5-6-16-9-13)15-7-10-3-2-4-12(14)11(10)8-15/h2-4H,5-9,14H2,1H3. The summed E-state index contributed by atoms with van der Waals surface area (Å²) in [5.74, 6) is 0. The number of hydrogen-bond acceptors (Lipinski definition) is 3. The molecule has 1 aromatic carbocycles. The third-order valence-electron chi connectivity index (χ3n) is 3.98. The Bertz CT molecular complexity index is 410. The van der Waals surface area contributed by atoms with Gasteiger partial charge in [0.1, 0.15) is 0 Å². The average Bonchev–Trinajstić information content (AvgIpc) is 2.85. The minimum Gasteiger partial charge on any atom is -0.398 e. The van der Waals surface area contributed by atoms with Crippen LogP contribution in [-0.2, 0) is 17.8 Å². The second-order valence-corrected chi connectivity index (χ2v) is 5.14. The summed E-state index contributed by atoms with van der Waals surface area (Å²) in [6.07, 6.45) is 1.13. The number of fused-ring (bicyclic) bond motifs is 1. The Kier molecular flexibility index (Phi) is 2.19. The summed E-state index contributed by atoms with van der Waals surface area (Å²) in [7, 11) is 0. The minimum absolute atomic E-state index is 0.200. The van der Waals surface area contributed by atoms with Crippen LogP contribution < -0.4 is 5.73 Å². The molecule has 3 rings (SSSR count). The summed E-state index contributed by atoms with van der Waals surface area (Å²) in [6.45, 7) is 6.02. The molecule has 3 heteroatoms. The van der Waals surface area contributed by atoms with E-state index in [0.29, 0.717) is 0 Å². The van der Waals surface area contributed by atoms with Crippen LogP contribution in [0.5, 0.6) is 0 Å². The van der Waals surface area contributed by atoms with E-state index in [1.54, 1.807) is 0 Å². The van der Waals surface area contributed by atoms with Crippen LogP contribution in [0.25, 0.3) is 0 Å². The van der Waals surface area contributed by atoms with Crippen LogP contribution in [0, 0.1) is 0 Å². The van der Waals surface area contributed by atoms with E-state index in [-0.39, 0.29) is 5.54 Å². The second kappa shape index (κ2) is 3.47. The summed E-state index contributed by atoms with van der Waals surface area (Å²) in [6, 6.07) is 6.23. The third-order valence-corrected chi connectivity index (χ3v) is 3.98. The van der Waals surface area contributed by atoms with Gasteiger partial charge in [-0.1, -0.05) is 12.1 Å². The zero-order valence-electron chi connectivity index (χ0n) is 9.70. The summed E-state index contributed by atoms with van der Waals surface area (Å²) in [5, 5.41) is 0. The SMILES string of the molecule is CC1(N2Cc3cccc(N)c3C2)CCOC1. The maximum Gasteiger partial charge on any atom is 0.0648 e. The van der Waals surface area contributed by atoms with E-state index in [9.17, 15) is 0 Å². The largest absolute Gasteiger partial charge is 0.398 e. The van der Waals surface area contributed by atoms with Gasteiger partial charge in [0.25, 0.3) is 0 Å². The van der Waals surface area contributed by atoms with Gasteiger partial charge in [-0.25, -0.2) is 0 Å². The molecule has 0 aromatic heterocycles. The van der Waals surface area contributed by atoms with Gasteiger partial charge in [0.2, 0.25) is 0 Å². The van der Waals surface area contributed by atoms with Crippen molar-refractivity contribution >= 4 is 5.69 Å². The predicted octanol–water partition coefficient (Wildman–Crippen LogP) is 1.76. The Morgan fingerprint density at radius 1 is 1.38 bits per heavy atom. The molecule has 2 N–H and O–H groups in total. The molecule has 1 fully saturated rings. The maximum absolute atomic E-state index is 6.02. The highest BCUT2D eigenvalue weighted by atomic mass is 16.5. The maximum atomic E-state index is 6.02. The highest BCUT2D eigenvalue weighted by Crippen LogP contribution is 2.36. The minimum atomic E-state index is 0.200. The van der Waals surface area contributed by atoms with Crippen molar-refractivity contribution < 1.29 is 4.74 Å². The molecule has 1 saturated heterocycles. The fourth-order valence-corrected chi connectivity index (χ4v) is 2.74. The number of anilines is 1. The zero-order chi connectivity index (χ0) is 11.2. The molecule has 2 aliphatic heterocycles. The molecule has 0 saturated carbocycles. The van der Waals surface area contributed by atoms with Crippen molar-refractivity contribution in [3.8, 4) is 0 Å². The molecule has 2 aliphatic rings. The molecule has 1 unspecified atom stereocenters. The number of rotatable bonds is 1. The van der Waals surface area contributed by atoms with Gasteiger partial charge in [0.05, 0.1) is 6.61 Å². The van der Waals surface area contributed by atoms with Crippen molar-refractivity contribution in [2.45, 2.75) is 32.0 Å². The monoisotopic (exact) mass is 218 g/mol. The molecule has 0 aliphatic carbocycles. The highest BCUT2D eigenvalue weighted by Gasteiger charge is 2.39. The highest BCUT2D eigenvalue weighted by molar-refractivity contribution is 5.52. The summed E-state index contributed by atoms with van der Waals surface area (Å²) < 4.78 is 5.53. The molecule has 0 radical (unpaired) electrons. The van der Waals surface area contributed by atoms with E-state index >= 15 is 0 Å². The fourth-order valence-electron chi connectivity index (χ4n) is 2.74. The van der Waals surface area contributed by atoms with E-state index in [2.05, 4.69) is 17.9 Å². The second-order valence-electron chi connectivity index (χ2n) is 5.14. The Labute approximate surface area is 96.2 Å². The fraction of sp³-hybridized carbons (Fsp3) is 0.538. The van der Waals surface area contributed by atoms with Crippen LogP contribution in [0.3, 0.4) is 0 Å². The number of nitrogens with two attached hydrogens (primary N) is 1. The quantitative estimate of drug-likeness (QED) is 0.730. The number of ether oxygens (including phenoxy) is 1. The normalized spacial score (nSPS) is 29.6. The van der Waals surface area contributed by atoms with Crippen molar-refractivity contribution in [1.29, 1.82) is 0 Å². The molecule has 1 aromatic rings. The van der Waals surface area contributed by atoms with E-state index in [4.69, 9.17) is 10.5 Å². The van der Waals surface area contributed by atoms with Gasteiger partial charge >= 0.3 is 0 Å². The number of nitrogen functional groups attached to an aromatic ring is 1. The molecule has 2 heterocycles. The lowest BCUT2D eigenvalue weighted by molar-refractivity contribution is 0.0773. The Balaban J connectivity index is 1.88. The smallest absolute Gasteiger partial charge is 0.0648 e. The lowest BCUT2D eigenvalue weighted by atomic mass is 10.00. The van der Waals surface area contributed by atoms with Crippen LogP contribution in [0.15, 0.2) is 18.2 Å². The summed E-state index contributed by atoms with van der Waals surface area (Å²) in [4.78, 5) is 2.50. The van der Waals surface area contributed by atoms with Crippen molar-refractivity contribution in [2.24, 2.45) is 0 Å². The number of benzene rings is 1. The predicted molar refractivity (Wildman–Crippen MR) is 63.9 cm³/mol. The molecule has 3 nitrogen and oxygen atoms in total. The number of hydrogen-bond donors (Lipinski definition) is 1. The first-order chi connectivity index (χ1) is 7.69. The van der Waals surface area contributed by atoms with Crippen LogP contribution in [0.1, 0.15) is 24.5 Å². The van der Waals surface area contributed by atoms with Gasteiger partial charge in [-0.15, -0.1) is 0 Å². The molecule has 0 amide bonds. The third kappa shape index (κ3) is 1.43. The van der Waals surface area contributed by atoms with E-state index in [1.165, 1.54) is 11.1 Å². The molecule has 0 bridgehead atoms. The van der Waals surface area contributed by atoms with Gasteiger partial charge in [0, 0.05) is 30.9 Å². The van der Waals surface area contributed by atoms with Crippen molar-refractivity contribution in [2.75, 3.05) is 18.9 Å². The Hall–Kier alpha value is -1.06. The van der Waals surface area contributed by atoms with Crippen molar-refractivity contribution in [3.05, 3.63) is 29.3 Å². The first kappa shape index (κ1) is 10.1. The average molecular weight is 218 g/mol. The van der Waals surface area contributed by atoms with E-state index < -0.39 is 0 Å². The van der Waals surface area contributed by atoms with Crippen LogP contribution in [0.2, 0.25) is 0 Å². The van der Waals surface area contributed by atoms with E-state index in [1.807, 2.05) is 12.1 Å². The lowest BCUT2D eigenvalue weighted by Crippen LogP contribution is -2.43. The summed E-state index contributed by atoms with van der Waals surface area (Å²) in [5.41, 5.74) is 9.85. The van der Waals surface area contributed by atoms with Gasteiger partial charge in [0.15, 0.2) is 0 Å². The molecule has 16 heavy (non-hydrogen) atoms. The molecule has 86 valence electrons. The lowest BCUT2D eigenvalue weighted by Gasteiger charge is -2.33. The summed E-state index contributed by atoms with van der Waals surface area (Å²) >= 11 is 0. The van der Waals surface area contributed by atoms with E-state index in [0.717, 1.165) is 38.4 Å². The van der Waals surface area contributed by atoms with Crippen LogP contribution >= 0.6 is 0 Å². The zero-order valence-corrected chi connectivity index (χ0v) is 9.70. The van der Waals surface area contributed by atoms with Gasteiger partial charge in [-0.3, -0.25) is 4.90 Å². The van der Waals surface area contributed by atoms with Crippen molar-refractivity contribution in [1.82, 2.24) is 4.90 Å². The van der Waals surface area contributed by atoms with Gasteiger partial charge < -0.3 is 10.5 Å². The van der Waals surface area contributed by atoms with Gasteiger partial charge in [-0.2, -0.15) is 0 Å². The Morgan fingerprint density at radius 2 is 2.25 bits per heavy atom. The molecule has 1 atom stereocenters.